The second-order valence-electron chi connectivity index (χ2n) is 8.74. The monoisotopic (exact) mass is 309 g/mol. The average molecular weight is 310 g/mol. The minimum atomic E-state index is 0.558. The first-order valence-corrected chi connectivity index (χ1v) is 9.57. The SMILES string of the molecule is CCN1CCN(CC(C)CNC2CCC(C)(C)CC2C)CC1. The fraction of sp³-hybridized carbons (Fsp3) is 1.00. The molecule has 22 heavy (non-hydrogen) atoms. The second-order valence-corrected chi connectivity index (χ2v) is 8.74. The van der Waals surface area contributed by atoms with Gasteiger partial charge in [0.15, 0.2) is 0 Å². The van der Waals surface area contributed by atoms with E-state index in [1.165, 1.54) is 65.1 Å². The third-order valence-corrected chi connectivity index (χ3v) is 5.90. The number of likely N-dealkylation sites (N-methyl/N-ethyl adjacent to an activating group) is 1. The van der Waals surface area contributed by atoms with Crippen molar-refractivity contribution in [1.82, 2.24) is 15.1 Å². The molecule has 2 rings (SSSR count). The third kappa shape index (κ3) is 5.50. The Bertz CT molecular complexity index is 321. The molecule has 3 nitrogen and oxygen atoms in total. The molecule has 0 amide bonds. The Labute approximate surface area is 138 Å². The quantitative estimate of drug-likeness (QED) is 0.813. The van der Waals surface area contributed by atoms with Crippen molar-refractivity contribution in [2.24, 2.45) is 17.3 Å². The molecule has 3 unspecified atom stereocenters. The largest absolute Gasteiger partial charge is 0.313 e. The Hall–Kier alpha value is -0.120. The van der Waals surface area contributed by atoms with Crippen LogP contribution in [0, 0.1) is 17.3 Å². The van der Waals surface area contributed by atoms with Crippen molar-refractivity contribution in [3.05, 3.63) is 0 Å². The van der Waals surface area contributed by atoms with Crippen molar-refractivity contribution in [2.75, 3.05) is 45.8 Å². The molecule has 1 saturated heterocycles. The van der Waals surface area contributed by atoms with Crippen LogP contribution in [-0.2, 0) is 0 Å². The van der Waals surface area contributed by atoms with Gasteiger partial charge >= 0.3 is 0 Å². The topological polar surface area (TPSA) is 18.5 Å². The molecule has 1 aliphatic heterocycles. The summed E-state index contributed by atoms with van der Waals surface area (Å²) >= 11 is 0. The van der Waals surface area contributed by atoms with Gasteiger partial charge in [0.1, 0.15) is 0 Å². The predicted octanol–water partition coefficient (Wildman–Crippen LogP) is 3.06. The lowest BCUT2D eigenvalue weighted by Crippen LogP contribution is -2.49. The average Bonchev–Trinajstić information content (AvgIpc) is 2.46. The predicted molar refractivity (Wildman–Crippen MR) is 96.3 cm³/mol. The van der Waals surface area contributed by atoms with Crippen LogP contribution < -0.4 is 5.32 Å². The molecule has 0 radical (unpaired) electrons. The number of piperazine rings is 1. The van der Waals surface area contributed by atoms with Gasteiger partial charge in [0.05, 0.1) is 0 Å². The molecule has 2 fully saturated rings. The molecule has 1 N–H and O–H groups in total. The van der Waals surface area contributed by atoms with Gasteiger partial charge in [-0.1, -0.05) is 34.6 Å². The summed E-state index contributed by atoms with van der Waals surface area (Å²) in [6.07, 6.45) is 4.11. The smallest absolute Gasteiger partial charge is 0.0110 e. The second kappa shape index (κ2) is 8.12. The maximum absolute atomic E-state index is 3.88. The molecule has 1 saturated carbocycles. The maximum Gasteiger partial charge on any atom is 0.0110 e. The van der Waals surface area contributed by atoms with Crippen LogP contribution in [0.15, 0.2) is 0 Å². The van der Waals surface area contributed by atoms with Crippen LogP contribution in [0.3, 0.4) is 0 Å². The minimum Gasteiger partial charge on any atom is -0.313 e. The zero-order chi connectivity index (χ0) is 16.2. The fourth-order valence-corrected chi connectivity index (χ4v) is 4.40. The Morgan fingerprint density at radius 1 is 1.14 bits per heavy atom. The molecule has 0 aromatic carbocycles. The highest BCUT2D eigenvalue weighted by atomic mass is 15.3. The number of nitrogens with one attached hydrogen (secondary N) is 1. The summed E-state index contributed by atoms with van der Waals surface area (Å²) in [7, 11) is 0. The third-order valence-electron chi connectivity index (χ3n) is 5.90. The fourth-order valence-electron chi connectivity index (χ4n) is 4.40. The lowest BCUT2D eigenvalue weighted by atomic mass is 9.70. The van der Waals surface area contributed by atoms with Crippen LogP contribution >= 0.6 is 0 Å². The van der Waals surface area contributed by atoms with Gasteiger partial charge in [-0.2, -0.15) is 0 Å². The highest BCUT2D eigenvalue weighted by Gasteiger charge is 2.32. The molecule has 3 atom stereocenters. The van der Waals surface area contributed by atoms with E-state index in [4.69, 9.17) is 0 Å². The van der Waals surface area contributed by atoms with E-state index in [0.29, 0.717) is 5.41 Å². The Kier molecular flexibility index (Phi) is 6.73. The van der Waals surface area contributed by atoms with E-state index in [1.54, 1.807) is 0 Å². The first kappa shape index (κ1) is 18.2. The molecule has 0 spiro atoms. The Balaban J connectivity index is 1.65. The molecule has 130 valence electrons. The summed E-state index contributed by atoms with van der Waals surface area (Å²) in [5.41, 5.74) is 0.558. The summed E-state index contributed by atoms with van der Waals surface area (Å²) < 4.78 is 0. The summed E-state index contributed by atoms with van der Waals surface area (Å²) in [5, 5.41) is 3.88. The van der Waals surface area contributed by atoms with Crippen molar-refractivity contribution >= 4 is 0 Å². The van der Waals surface area contributed by atoms with Crippen molar-refractivity contribution in [2.45, 2.75) is 59.9 Å². The number of hydrogen-bond donors (Lipinski definition) is 1. The summed E-state index contributed by atoms with van der Waals surface area (Å²) in [6.45, 7) is 20.7. The van der Waals surface area contributed by atoms with Crippen molar-refractivity contribution < 1.29 is 0 Å². The van der Waals surface area contributed by atoms with E-state index in [2.05, 4.69) is 49.7 Å². The van der Waals surface area contributed by atoms with Gasteiger partial charge in [0.2, 0.25) is 0 Å². The molecule has 0 aromatic heterocycles. The molecule has 0 aromatic rings. The standard InChI is InChI=1S/C19H39N3/c1-6-21-9-11-22(12-10-21)15-16(2)14-20-18-7-8-19(4,5)13-17(18)3/h16-18,20H,6-15H2,1-5H3. The summed E-state index contributed by atoms with van der Waals surface area (Å²) in [5.74, 6) is 1.58. The molecular weight excluding hydrogens is 270 g/mol. The first-order chi connectivity index (χ1) is 10.4. The molecule has 1 heterocycles. The Morgan fingerprint density at radius 3 is 2.36 bits per heavy atom. The molecule has 2 aliphatic rings. The lowest BCUT2D eigenvalue weighted by molar-refractivity contribution is 0.117. The van der Waals surface area contributed by atoms with Crippen LogP contribution in [0.2, 0.25) is 0 Å². The summed E-state index contributed by atoms with van der Waals surface area (Å²) in [4.78, 5) is 5.22. The van der Waals surface area contributed by atoms with E-state index in [-0.39, 0.29) is 0 Å². The van der Waals surface area contributed by atoms with Gasteiger partial charge in [-0.05, 0) is 49.6 Å². The van der Waals surface area contributed by atoms with E-state index < -0.39 is 0 Å². The van der Waals surface area contributed by atoms with Gasteiger partial charge < -0.3 is 15.1 Å². The van der Waals surface area contributed by atoms with Crippen molar-refractivity contribution in [3.8, 4) is 0 Å². The van der Waals surface area contributed by atoms with E-state index in [1.807, 2.05) is 0 Å². The molecular formula is C19H39N3. The maximum atomic E-state index is 3.88. The van der Waals surface area contributed by atoms with Crippen LogP contribution in [0.25, 0.3) is 0 Å². The highest BCUT2D eigenvalue weighted by molar-refractivity contribution is 4.87. The van der Waals surface area contributed by atoms with Gasteiger partial charge in [-0.25, -0.2) is 0 Å². The first-order valence-electron chi connectivity index (χ1n) is 9.57. The number of hydrogen-bond acceptors (Lipinski definition) is 3. The molecule has 1 aliphatic carbocycles. The highest BCUT2D eigenvalue weighted by Crippen LogP contribution is 2.38. The minimum absolute atomic E-state index is 0.558. The van der Waals surface area contributed by atoms with Gasteiger partial charge in [-0.3, -0.25) is 0 Å². The van der Waals surface area contributed by atoms with Crippen LogP contribution in [0.1, 0.15) is 53.9 Å². The van der Waals surface area contributed by atoms with Gasteiger partial charge in [0.25, 0.3) is 0 Å². The van der Waals surface area contributed by atoms with Gasteiger partial charge in [0, 0.05) is 38.8 Å². The van der Waals surface area contributed by atoms with E-state index in [9.17, 15) is 0 Å². The molecule has 3 heteroatoms. The van der Waals surface area contributed by atoms with E-state index >= 15 is 0 Å². The summed E-state index contributed by atoms with van der Waals surface area (Å²) in [6, 6.07) is 0.743. The Morgan fingerprint density at radius 2 is 1.77 bits per heavy atom. The van der Waals surface area contributed by atoms with Crippen LogP contribution in [-0.4, -0.2) is 61.7 Å². The van der Waals surface area contributed by atoms with Gasteiger partial charge in [-0.15, -0.1) is 0 Å². The van der Waals surface area contributed by atoms with Crippen LogP contribution in [0.5, 0.6) is 0 Å². The normalized spacial score (nSPS) is 32.0. The zero-order valence-corrected chi connectivity index (χ0v) is 15.7. The van der Waals surface area contributed by atoms with Crippen LogP contribution in [0.4, 0.5) is 0 Å². The van der Waals surface area contributed by atoms with E-state index in [0.717, 1.165) is 17.9 Å². The lowest BCUT2D eigenvalue weighted by Gasteiger charge is -2.40. The number of nitrogens with zero attached hydrogens (tertiary/aromatic N) is 2. The van der Waals surface area contributed by atoms with Crippen molar-refractivity contribution in [1.29, 1.82) is 0 Å². The number of rotatable bonds is 6. The zero-order valence-electron chi connectivity index (χ0n) is 15.7. The molecule has 0 bridgehead atoms. The van der Waals surface area contributed by atoms with Crippen molar-refractivity contribution in [3.63, 3.8) is 0 Å².